The number of ketones is 1. The number of amides is 1. The maximum absolute atomic E-state index is 13.7. The highest BCUT2D eigenvalue weighted by Crippen LogP contribution is 2.41. The number of sulfonamides is 1. The molecule has 0 radical (unpaired) electrons. The summed E-state index contributed by atoms with van der Waals surface area (Å²) >= 11 is 0. The van der Waals surface area contributed by atoms with Gasteiger partial charge in [-0.1, -0.05) is 61.7 Å². The van der Waals surface area contributed by atoms with Gasteiger partial charge in [0.05, 0.1) is 10.3 Å². The molecule has 0 unspecified atom stereocenters. The SMILES string of the molecule is CC(=O)c1cccc(S(=O)(=O)N2CCN(C(=O)C3(Cc4ccccc4)CCCCC3)CC2)c1. The van der Waals surface area contributed by atoms with Gasteiger partial charge < -0.3 is 4.90 Å². The molecule has 33 heavy (non-hydrogen) atoms. The lowest BCUT2D eigenvalue weighted by Gasteiger charge is -2.43. The summed E-state index contributed by atoms with van der Waals surface area (Å²) in [7, 11) is -3.71. The molecule has 7 heteroatoms. The molecule has 176 valence electrons. The van der Waals surface area contributed by atoms with Crippen molar-refractivity contribution in [2.24, 2.45) is 5.41 Å². The normalized spacial score (nSPS) is 19.2. The third-order valence-electron chi connectivity index (χ3n) is 7.05. The first-order valence-electron chi connectivity index (χ1n) is 11.8. The van der Waals surface area contributed by atoms with Crippen LogP contribution in [0.25, 0.3) is 0 Å². The third-order valence-corrected chi connectivity index (χ3v) is 8.95. The van der Waals surface area contributed by atoms with E-state index in [-0.39, 0.29) is 29.7 Å². The van der Waals surface area contributed by atoms with Crippen molar-refractivity contribution in [3.05, 3.63) is 65.7 Å². The Hall–Kier alpha value is -2.51. The number of piperazine rings is 1. The Morgan fingerprint density at radius 2 is 1.55 bits per heavy atom. The van der Waals surface area contributed by atoms with Crippen LogP contribution in [-0.2, 0) is 21.2 Å². The smallest absolute Gasteiger partial charge is 0.243 e. The minimum atomic E-state index is -3.71. The molecule has 2 fully saturated rings. The maximum Gasteiger partial charge on any atom is 0.243 e. The molecule has 2 aromatic rings. The van der Waals surface area contributed by atoms with E-state index in [0.717, 1.165) is 38.5 Å². The van der Waals surface area contributed by atoms with Crippen LogP contribution in [0, 0.1) is 5.41 Å². The number of benzene rings is 2. The average Bonchev–Trinajstić information content (AvgIpc) is 2.85. The standard InChI is InChI=1S/C26H32N2O4S/c1-21(29)23-11-8-12-24(19-23)33(31,32)28-17-15-27(16-18-28)25(30)26(13-6-3-7-14-26)20-22-9-4-2-5-10-22/h2,4-5,8-12,19H,3,6-7,13-18,20H2,1H3. The van der Waals surface area contributed by atoms with Gasteiger partial charge in [-0.25, -0.2) is 8.42 Å². The van der Waals surface area contributed by atoms with Gasteiger partial charge in [-0.2, -0.15) is 4.31 Å². The highest BCUT2D eigenvalue weighted by Gasteiger charge is 2.43. The number of nitrogens with zero attached hydrogens (tertiary/aromatic N) is 2. The average molecular weight is 469 g/mol. The van der Waals surface area contributed by atoms with Crippen molar-refractivity contribution < 1.29 is 18.0 Å². The first-order chi connectivity index (χ1) is 15.8. The van der Waals surface area contributed by atoms with Crippen molar-refractivity contribution in [2.45, 2.75) is 50.3 Å². The van der Waals surface area contributed by atoms with E-state index in [1.807, 2.05) is 23.1 Å². The molecule has 0 spiro atoms. The lowest BCUT2D eigenvalue weighted by molar-refractivity contribution is -0.145. The predicted octanol–water partition coefficient (Wildman–Crippen LogP) is 3.92. The number of carbonyl (C=O) groups is 2. The quantitative estimate of drug-likeness (QED) is 0.603. The monoisotopic (exact) mass is 468 g/mol. The Kier molecular flexibility index (Phi) is 7.00. The van der Waals surface area contributed by atoms with Crippen molar-refractivity contribution in [2.75, 3.05) is 26.2 Å². The molecule has 1 amide bonds. The number of hydrogen-bond donors (Lipinski definition) is 0. The maximum atomic E-state index is 13.7. The molecule has 6 nitrogen and oxygen atoms in total. The highest BCUT2D eigenvalue weighted by molar-refractivity contribution is 7.89. The minimum absolute atomic E-state index is 0.128. The summed E-state index contributed by atoms with van der Waals surface area (Å²) in [5.74, 6) is 0.000315. The molecule has 2 aliphatic rings. The van der Waals surface area contributed by atoms with Crippen LogP contribution in [0.15, 0.2) is 59.5 Å². The number of carbonyl (C=O) groups excluding carboxylic acids is 2. The van der Waals surface area contributed by atoms with Crippen molar-refractivity contribution in [3.63, 3.8) is 0 Å². The van der Waals surface area contributed by atoms with Crippen LogP contribution >= 0.6 is 0 Å². The molecule has 0 atom stereocenters. The molecular weight excluding hydrogens is 436 g/mol. The van der Waals surface area contributed by atoms with Crippen molar-refractivity contribution in [1.82, 2.24) is 9.21 Å². The summed E-state index contributed by atoms with van der Waals surface area (Å²) in [4.78, 5) is 27.4. The molecule has 1 heterocycles. The van der Waals surface area contributed by atoms with Crippen molar-refractivity contribution in [1.29, 1.82) is 0 Å². The molecule has 1 aliphatic heterocycles. The van der Waals surface area contributed by atoms with Crippen LogP contribution in [-0.4, -0.2) is 55.5 Å². The van der Waals surface area contributed by atoms with Crippen LogP contribution in [0.1, 0.15) is 54.9 Å². The Morgan fingerprint density at radius 1 is 0.879 bits per heavy atom. The molecule has 0 bridgehead atoms. The van der Waals surface area contributed by atoms with Gasteiger partial charge >= 0.3 is 0 Å². The molecule has 0 aromatic heterocycles. The topological polar surface area (TPSA) is 74.8 Å². The zero-order chi connectivity index (χ0) is 23.5. The van der Waals surface area contributed by atoms with Gasteiger partial charge in [0.2, 0.25) is 15.9 Å². The summed E-state index contributed by atoms with van der Waals surface area (Å²) in [6, 6.07) is 16.4. The van der Waals surface area contributed by atoms with Crippen LogP contribution in [0.4, 0.5) is 0 Å². The fourth-order valence-electron chi connectivity index (χ4n) is 5.17. The first-order valence-corrected chi connectivity index (χ1v) is 13.2. The largest absolute Gasteiger partial charge is 0.340 e. The summed E-state index contributed by atoms with van der Waals surface area (Å²) < 4.78 is 27.7. The van der Waals surface area contributed by atoms with Gasteiger partial charge in [-0.05, 0) is 43.9 Å². The lowest BCUT2D eigenvalue weighted by atomic mass is 9.69. The lowest BCUT2D eigenvalue weighted by Crippen LogP contribution is -2.55. The minimum Gasteiger partial charge on any atom is -0.340 e. The molecular formula is C26H32N2O4S. The Labute approximate surface area is 196 Å². The van der Waals surface area contributed by atoms with Gasteiger partial charge in [0.15, 0.2) is 5.78 Å². The number of rotatable bonds is 6. The van der Waals surface area contributed by atoms with Crippen LogP contribution < -0.4 is 0 Å². The number of hydrogen-bond acceptors (Lipinski definition) is 4. The summed E-state index contributed by atoms with van der Waals surface area (Å²) in [6.45, 7) is 2.73. The van der Waals surface area contributed by atoms with Crippen LogP contribution in [0.2, 0.25) is 0 Å². The van der Waals surface area contributed by atoms with Crippen molar-refractivity contribution >= 4 is 21.7 Å². The summed E-state index contributed by atoms with van der Waals surface area (Å²) in [6.07, 6.45) is 5.78. The van der Waals surface area contributed by atoms with Crippen LogP contribution in [0.3, 0.4) is 0 Å². The molecule has 2 aromatic carbocycles. The van der Waals surface area contributed by atoms with Gasteiger partial charge in [-0.15, -0.1) is 0 Å². The van der Waals surface area contributed by atoms with Gasteiger partial charge in [0, 0.05) is 31.7 Å². The van der Waals surface area contributed by atoms with Crippen molar-refractivity contribution in [3.8, 4) is 0 Å². The molecule has 4 rings (SSSR count). The van der Waals surface area contributed by atoms with Gasteiger partial charge in [0.25, 0.3) is 0 Å². The Bertz CT molecular complexity index is 1100. The van der Waals surface area contributed by atoms with E-state index >= 15 is 0 Å². The predicted molar refractivity (Wildman–Crippen MR) is 127 cm³/mol. The van der Waals surface area contributed by atoms with Crippen LogP contribution in [0.5, 0.6) is 0 Å². The second kappa shape index (κ2) is 9.77. The van der Waals surface area contributed by atoms with E-state index in [1.54, 1.807) is 12.1 Å². The van der Waals surface area contributed by atoms with E-state index in [0.29, 0.717) is 18.7 Å². The molecule has 1 saturated carbocycles. The highest BCUT2D eigenvalue weighted by atomic mass is 32.2. The number of Topliss-reactive ketones (excluding diaryl/α,β-unsaturated/α-hetero) is 1. The summed E-state index contributed by atoms with van der Waals surface area (Å²) in [5, 5.41) is 0. The molecule has 1 aliphatic carbocycles. The Balaban J connectivity index is 1.47. The van der Waals surface area contributed by atoms with E-state index in [9.17, 15) is 18.0 Å². The molecule has 0 N–H and O–H groups in total. The third kappa shape index (κ3) is 5.04. The van der Waals surface area contributed by atoms with E-state index in [2.05, 4.69) is 12.1 Å². The Morgan fingerprint density at radius 3 is 2.18 bits per heavy atom. The zero-order valence-electron chi connectivity index (χ0n) is 19.2. The van der Waals surface area contributed by atoms with E-state index < -0.39 is 15.4 Å². The molecule has 1 saturated heterocycles. The fourth-order valence-corrected chi connectivity index (χ4v) is 6.64. The summed E-state index contributed by atoms with van der Waals surface area (Å²) in [5.41, 5.74) is 1.17. The second-order valence-corrected chi connectivity index (χ2v) is 11.2. The fraction of sp³-hybridized carbons (Fsp3) is 0.462. The zero-order valence-corrected chi connectivity index (χ0v) is 20.0. The van der Waals surface area contributed by atoms with Gasteiger partial charge in [0.1, 0.15) is 0 Å². The second-order valence-electron chi connectivity index (χ2n) is 9.28. The van der Waals surface area contributed by atoms with E-state index in [1.165, 1.54) is 28.9 Å². The van der Waals surface area contributed by atoms with E-state index in [4.69, 9.17) is 0 Å². The van der Waals surface area contributed by atoms with Gasteiger partial charge in [-0.3, -0.25) is 9.59 Å². The first kappa shape index (κ1) is 23.6.